The van der Waals surface area contributed by atoms with Crippen LogP contribution in [0.2, 0.25) is 0 Å². The molecule has 7 nitrogen and oxygen atoms in total. The highest BCUT2D eigenvalue weighted by Gasteiger charge is 2.18. The Balaban J connectivity index is 1.56. The van der Waals surface area contributed by atoms with E-state index in [1.54, 1.807) is 6.20 Å². The van der Waals surface area contributed by atoms with E-state index >= 15 is 0 Å². The molecule has 0 saturated carbocycles. The zero-order valence-electron chi connectivity index (χ0n) is 17.0. The molecule has 0 radical (unpaired) electrons. The fourth-order valence-electron chi connectivity index (χ4n) is 3.95. The van der Waals surface area contributed by atoms with Crippen LogP contribution >= 0.6 is 0 Å². The average Bonchev–Trinajstić information content (AvgIpc) is 3.25. The van der Waals surface area contributed by atoms with E-state index in [9.17, 15) is 0 Å². The van der Waals surface area contributed by atoms with Gasteiger partial charge in [-0.2, -0.15) is 9.61 Å². The fourth-order valence-corrected chi connectivity index (χ4v) is 3.95. The van der Waals surface area contributed by atoms with Crippen molar-refractivity contribution in [2.45, 2.75) is 0 Å². The number of rotatable bonds is 4. The van der Waals surface area contributed by atoms with Crippen LogP contribution in [0.25, 0.3) is 5.65 Å². The van der Waals surface area contributed by atoms with Crippen LogP contribution in [0.5, 0.6) is 0 Å². The standard InChI is InChI=1S/C23H25N7/c1-27-13-15-28(16-14-27)19-5-7-20(8-6-19)29(21-4-2-3-18(24)17-21)23-10-11-25-22-9-12-26-30(22)23/h2-12,17H,13-16,24H2,1H3. The Hall–Kier alpha value is -3.58. The van der Waals surface area contributed by atoms with Crippen LogP contribution in [0.1, 0.15) is 0 Å². The van der Waals surface area contributed by atoms with E-state index in [0.29, 0.717) is 0 Å². The van der Waals surface area contributed by atoms with Crippen LogP contribution in [0, 0.1) is 0 Å². The Morgan fingerprint density at radius 1 is 0.867 bits per heavy atom. The summed E-state index contributed by atoms with van der Waals surface area (Å²) in [5.74, 6) is 0.906. The summed E-state index contributed by atoms with van der Waals surface area (Å²) in [4.78, 5) is 11.4. The van der Waals surface area contributed by atoms with E-state index in [1.165, 1.54) is 5.69 Å². The summed E-state index contributed by atoms with van der Waals surface area (Å²) < 4.78 is 1.84. The van der Waals surface area contributed by atoms with Gasteiger partial charge in [0.1, 0.15) is 5.82 Å². The number of likely N-dealkylation sites (N-methyl/N-ethyl adjacent to an activating group) is 1. The lowest BCUT2D eigenvalue weighted by Crippen LogP contribution is -2.44. The molecule has 7 heteroatoms. The van der Waals surface area contributed by atoms with Crippen molar-refractivity contribution in [1.29, 1.82) is 0 Å². The number of nitrogen functional groups attached to an aromatic ring is 1. The molecule has 0 bridgehead atoms. The van der Waals surface area contributed by atoms with Gasteiger partial charge >= 0.3 is 0 Å². The number of hydrogen-bond acceptors (Lipinski definition) is 6. The van der Waals surface area contributed by atoms with Crippen LogP contribution in [0.3, 0.4) is 0 Å². The zero-order valence-corrected chi connectivity index (χ0v) is 17.0. The summed E-state index contributed by atoms with van der Waals surface area (Å²) in [7, 11) is 2.18. The summed E-state index contributed by atoms with van der Waals surface area (Å²) in [6.07, 6.45) is 3.57. The van der Waals surface area contributed by atoms with Gasteiger partial charge in [-0.25, -0.2) is 4.98 Å². The zero-order chi connectivity index (χ0) is 20.5. The summed E-state index contributed by atoms with van der Waals surface area (Å²) in [5, 5.41) is 4.48. The number of hydrogen-bond donors (Lipinski definition) is 1. The first-order chi connectivity index (χ1) is 14.7. The van der Waals surface area contributed by atoms with Crippen molar-refractivity contribution in [2.24, 2.45) is 0 Å². The molecular formula is C23H25N7. The predicted molar refractivity (Wildman–Crippen MR) is 122 cm³/mol. The normalized spacial score (nSPS) is 14.9. The van der Waals surface area contributed by atoms with Gasteiger partial charge in [0.2, 0.25) is 0 Å². The number of nitrogens with two attached hydrogens (primary N) is 1. The van der Waals surface area contributed by atoms with Crippen molar-refractivity contribution in [2.75, 3.05) is 48.8 Å². The van der Waals surface area contributed by atoms with Crippen LogP contribution in [0.4, 0.5) is 28.6 Å². The lowest BCUT2D eigenvalue weighted by molar-refractivity contribution is 0.313. The lowest BCUT2D eigenvalue weighted by Gasteiger charge is -2.34. The van der Waals surface area contributed by atoms with Crippen molar-refractivity contribution < 1.29 is 0 Å². The first kappa shape index (κ1) is 18.4. The first-order valence-electron chi connectivity index (χ1n) is 10.2. The molecule has 0 unspecified atom stereocenters. The quantitative estimate of drug-likeness (QED) is 0.530. The number of piperazine rings is 1. The lowest BCUT2D eigenvalue weighted by atomic mass is 10.2. The van der Waals surface area contributed by atoms with E-state index < -0.39 is 0 Å². The Bertz CT molecular complexity index is 1140. The number of fused-ring (bicyclic) bond motifs is 1. The van der Waals surface area contributed by atoms with Crippen molar-refractivity contribution in [3.05, 3.63) is 73.1 Å². The molecule has 3 heterocycles. The molecule has 152 valence electrons. The summed E-state index contributed by atoms with van der Waals surface area (Å²) >= 11 is 0. The highest BCUT2D eigenvalue weighted by molar-refractivity contribution is 5.77. The maximum absolute atomic E-state index is 6.11. The van der Waals surface area contributed by atoms with Crippen molar-refractivity contribution in [3.8, 4) is 0 Å². The molecule has 4 aromatic rings. The number of anilines is 5. The van der Waals surface area contributed by atoms with E-state index in [4.69, 9.17) is 5.73 Å². The second-order valence-corrected chi connectivity index (χ2v) is 7.64. The third-order valence-corrected chi connectivity index (χ3v) is 5.60. The molecule has 0 aliphatic carbocycles. The van der Waals surface area contributed by atoms with Crippen molar-refractivity contribution >= 4 is 34.2 Å². The minimum absolute atomic E-state index is 0.720. The SMILES string of the molecule is CN1CCN(c2ccc(N(c3cccc(N)c3)c3ccnc4ccnn34)cc2)CC1. The highest BCUT2D eigenvalue weighted by Crippen LogP contribution is 2.36. The van der Waals surface area contributed by atoms with E-state index in [-0.39, 0.29) is 0 Å². The molecule has 1 aliphatic heterocycles. The predicted octanol–water partition coefficient (Wildman–Crippen LogP) is 3.53. The Labute approximate surface area is 176 Å². The molecule has 2 aromatic heterocycles. The fraction of sp³-hybridized carbons (Fsp3) is 0.217. The molecule has 1 aliphatic rings. The Kier molecular flexibility index (Phi) is 4.72. The van der Waals surface area contributed by atoms with Gasteiger partial charge in [-0.15, -0.1) is 0 Å². The summed E-state index contributed by atoms with van der Waals surface area (Å²) in [6, 6.07) is 20.5. The van der Waals surface area contributed by atoms with Crippen molar-refractivity contribution in [3.63, 3.8) is 0 Å². The topological polar surface area (TPSA) is 65.9 Å². The first-order valence-corrected chi connectivity index (χ1v) is 10.2. The van der Waals surface area contributed by atoms with Gasteiger partial charge in [-0.1, -0.05) is 6.07 Å². The number of nitrogens with zero attached hydrogens (tertiary/aromatic N) is 6. The molecule has 1 saturated heterocycles. The maximum atomic E-state index is 6.11. The van der Waals surface area contributed by atoms with Gasteiger partial charge in [-0.05, 0) is 55.6 Å². The molecule has 0 amide bonds. The molecule has 0 spiro atoms. The third kappa shape index (κ3) is 3.44. The molecule has 2 aromatic carbocycles. The number of aromatic nitrogens is 3. The number of benzene rings is 2. The minimum atomic E-state index is 0.720. The van der Waals surface area contributed by atoms with Gasteiger partial charge in [0.25, 0.3) is 0 Å². The Morgan fingerprint density at radius 2 is 1.67 bits per heavy atom. The molecule has 2 N–H and O–H groups in total. The van der Waals surface area contributed by atoms with Gasteiger partial charge in [-0.3, -0.25) is 4.90 Å². The van der Waals surface area contributed by atoms with Crippen LogP contribution in [0.15, 0.2) is 73.1 Å². The van der Waals surface area contributed by atoms with Crippen LogP contribution < -0.4 is 15.5 Å². The monoisotopic (exact) mass is 399 g/mol. The van der Waals surface area contributed by atoms with Gasteiger partial charge in [0, 0.05) is 61.2 Å². The smallest absolute Gasteiger partial charge is 0.157 e. The van der Waals surface area contributed by atoms with Crippen LogP contribution in [-0.2, 0) is 0 Å². The molecule has 0 atom stereocenters. The maximum Gasteiger partial charge on any atom is 0.157 e. The molecule has 30 heavy (non-hydrogen) atoms. The van der Waals surface area contributed by atoms with E-state index in [0.717, 1.165) is 54.7 Å². The van der Waals surface area contributed by atoms with E-state index in [2.05, 4.69) is 62.2 Å². The van der Waals surface area contributed by atoms with E-state index in [1.807, 2.05) is 41.0 Å². The van der Waals surface area contributed by atoms with Gasteiger partial charge in [0.15, 0.2) is 5.65 Å². The average molecular weight is 400 g/mol. The second kappa shape index (κ2) is 7.68. The highest BCUT2D eigenvalue weighted by atomic mass is 15.3. The van der Waals surface area contributed by atoms with Crippen molar-refractivity contribution in [1.82, 2.24) is 19.5 Å². The molecular weight excluding hydrogens is 374 g/mol. The molecule has 5 rings (SSSR count). The Morgan fingerprint density at radius 3 is 2.43 bits per heavy atom. The summed E-state index contributed by atoms with van der Waals surface area (Å²) in [6.45, 7) is 4.27. The summed E-state index contributed by atoms with van der Waals surface area (Å²) in [5.41, 5.74) is 10.9. The van der Waals surface area contributed by atoms with Gasteiger partial charge < -0.3 is 15.5 Å². The third-order valence-electron chi connectivity index (χ3n) is 5.60. The second-order valence-electron chi connectivity index (χ2n) is 7.64. The van der Waals surface area contributed by atoms with Crippen LogP contribution in [-0.4, -0.2) is 52.7 Å². The molecule has 1 fully saturated rings. The minimum Gasteiger partial charge on any atom is -0.399 e. The van der Waals surface area contributed by atoms with Gasteiger partial charge in [0.05, 0.1) is 6.20 Å². The largest absolute Gasteiger partial charge is 0.399 e.